The first-order valence-electron chi connectivity index (χ1n) is 2.43. The average molecular weight is 145 g/mol. The molecule has 0 spiro atoms. The molecule has 0 aliphatic carbocycles. The second kappa shape index (κ2) is 2.65. The van der Waals surface area contributed by atoms with E-state index in [0.717, 1.165) is 11.3 Å². The van der Waals surface area contributed by atoms with Crippen LogP contribution < -0.4 is 15.7 Å². The van der Waals surface area contributed by atoms with Crippen molar-refractivity contribution in [2.24, 2.45) is 0 Å². The van der Waals surface area contributed by atoms with Crippen molar-refractivity contribution in [1.82, 2.24) is 10.4 Å². The van der Waals surface area contributed by atoms with Gasteiger partial charge in [0, 0.05) is 12.4 Å². The Kier molecular flexibility index (Phi) is 1.86. The molecule has 0 aromatic carbocycles. The monoisotopic (exact) mass is 145 g/mol. The quantitative estimate of drug-likeness (QED) is 0.513. The van der Waals surface area contributed by atoms with Gasteiger partial charge in [-0.25, -0.2) is 5.43 Å². The van der Waals surface area contributed by atoms with Gasteiger partial charge in [-0.3, -0.25) is 9.78 Å². The van der Waals surface area contributed by atoms with Crippen molar-refractivity contribution in [3.05, 3.63) is 15.0 Å². The van der Waals surface area contributed by atoms with Gasteiger partial charge in [-0.05, 0) is 0 Å². The predicted molar refractivity (Wildman–Crippen MR) is 37.6 cm³/mol. The molecule has 0 amide bonds. The molecule has 0 aliphatic rings. The summed E-state index contributed by atoms with van der Waals surface area (Å²) in [5, 5.41) is 1.71. The second-order valence-corrected chi connectivity index (χ2v) is 2.28. The molecular formula is C4H7N3OS. The van der Waals surface area contributed by atoms with Crippen LogP contribution in [0.5, 0.6) is 0 Å². The molecule has 5 heteroatoms. The zero-order valence-electron chi connectivity index (χ0n) is 4.89. The number of anilines is 1. The number of aromatic nitrogens is 1. The summed E-state index contributed by atoms with van der Waals surface area (Å²) in [6.45, 7) is 0. The highest BCUT2D eigenvalue weighted by Gasteiger charge is 1.89. The molecule has 0 bridgehead atoms. The van der Waals surface area contributed by atoms with Crippen LogP contribution in [-0.2, 0) is 0 Å². The van der Waals surface area contributed by atoms with Gasteiger partial charge in [-0.2, -0.15) is 0 Å². The van der Waals surface area contributed by atoms with Gasteiger partial charge in [0.25, 0.3) is 0 Å². The Balaban J connectivity index is 2.73. The number of H-pyrrole nitrogens is 1. The second-order valence-electron chi connectivity index (χ2n) is 1.44. The molecule has 0 radical (unpaired) electrons. The van der Waals surface area contributed by atoms with E-state index in [0.29, 0.717) is 5.82 Å². The highest BCUT2D eigenvalue weighted by Crippen LogP contribution is 1.98. The zero-order valence-corrected chi connectivity index (χ0v) is 5.71. The number of hydrazine groups is 1. The molecule has 4 nitrogen and oxygen atoms in total. The van der Waals surface area contributed by atoms with E-state index in [-0.39, 0.29) is 4.87 Å². The van der Waals surface area contributed by atoms with Crippen LogP contribution in [0.15, 0.2) is 10.2 Å². The minimum absolute atomic E-state index is 0.0484. The summed E-state index contributed by atoms with van der Waals surface area (Å²) < 4.78 is 0. The molecule has 3 N–H and O–H groups in total. The lowest BCUT2D eigenvalue weighted by Gasteiger charge is -1.95. The third-order valence-electron chi connectivity index (χ3n) is 0.780. The van der Waals surface area contributed by atoms with Gasteiger partial charge >= 0.3 is 4.87 Å². The molecule has 0 aliphatic heterocycles. The predicted octanol–water partition coefficient (Wildman–Crippen LogP) is -0.0173. The van der Waals surface area contributed by atoms with Gasteiger partial charge in [0.05, 0.1) is 0 Å². The molecule has 1 heterocycles. The van der Waals surface area contributed by atoms with Crippen LogP contribution in [-0.4, -0.2) is 12.0 Å². The topological polar surface area (TPSA) is 56.9 Å². The molecule has 1 aromatic heterocycles. The van der Waals surface area contributed by atoms with E-state index >= 15 is 0 Å². The van der Waals surface area contributed by atoms with Crippen molar-refractivity contribution in [2.75, 3.05) is 12.5 Å². The highest BCUT2D eigenvalue weighted by molar-refractivity contribution is 7.07. The van der Waals surface area contributed by atoms with E-state index in [9.17, 15) is 4.79 Å². The lowest BCUT2D eigenvalue weighted by molar-refractivity contribution is 0.968. The van der Waals surface area contributed by atoms with Gasteiger partial charge in [0.1, 0.15) is 5.82 Å². The van der Waals surface area contributed by atoms with Crippen LogP contribution in [0.25, 0.3) is 0 Å². The van der Waals surface area contributed by atoms with Crippen molar-refractivity contribution in [2.45, 2.75) is 0 Å². The van der Waals surface area contributed by atoms with E-state index in [2.05, 4.69) is 15.8 Å². The molecule has 0 saturated heterocycles. The van der Waals surface area contributed by atoms with Crippen LogP contribution in [0, 0.1) is 0 Å². The molecular weight excluding hydrogens is 138 g/mol. The van der Waals surface area contributed by atoms with Crippen LogP contribution in [0.4, 0.5) is 5.82 Å². The fourth-order valence-electron chi connectivity index (χ4n) is 0.477. The van der Waals surface area contributed by atoms with Gasteiger partial charge in [0.15, 0.2) is 0 Å². The van der Waals surface area contributed by atoms with E-state index in [4.69, 9.17) is 0 Å². The summed E-state index contributed by atoms with van der Waals surface area (Å²) in [6, 6.07) is 0. The van der Waals surface area contributed by atoms with Gasteiger partial charge in [-0.1, -0.05) is 11.3 Å². The van der Waals surface area contributed by atoms with E-state index < -0.39 is 0 Å². The van der Waals surface area contributed by atoms with Gasteiger partial charge in [-0.15, -0.1) is 0 Å². The molecule has 0 saturated carbocycles. The Morgan fingerprint density at radius 3 is 3.00 bits per heavy atom. The molecule has 0 atom stereocenters. The van der Waals surface area contributed by atoms with Crippen LogP contribution in [0.3, 0.4) is 0 Å². The van der Waals surface area contributed by atoms with Gasteiger partial charge in [0.2, 0.25) is 0 Å². The number of nitrogens with one attached hydrogen (secondary N) is 3. The minimum atomic E-state index is -0.0484. The Labute approximate surface area is 55.9 Å². The lowest BCUT2D eigenvalue weighted by atomic mass is 10.8. The smallest absolute Gasteiger partial charge is 0.306 e. The van der Waals surface area contributed by atoms with Crippen molar-refractivity contribution < 1.29 is 0 Å². The standard InChI is InChI=1S/C4H7N3OS/c1-5-7-3-2-9-4(8)6-3/h2,5,7H,1H3,(H,6,8). The van der Waals surface area contributed by atoms with Crippen molar-refractivity contribution in [3.63, 3.8) is 0 Å². The maximum absolute atomic E-state index is 10.5. The number of thiazole rings is 1. The molecule has 9 heavy (non-hydrogen) atoms. The Hall–Kier alpha value is -0.810. The van der Waals surface area contributed by atoms with Gasteiger partial charge < -0.3 is 5.43 Å². The van der Waals surface area contributed by atoms with Crippen LogP contribution in [0.2, 0.25) is 0 Å². The maximum Gasteiger partial charge on any atom is 0.306 e. The third kappa shape index (κ3) is 1.55. The molecule has 1 rings (SSSR count). The normalized spacial score (nSPS) is 9.44. The fourth-order valence-corrected chi connectivity index (χ4v) is 0.988. The number of rotatable bonds is 2. The van der Waals surface area contributed by atoms with E-state index in [1.807, 2.05) is 0 Å². The summed E-state index contributed by atoms with van der Waals surface area (Å²) >= 11 is 1.13. The summed E-state index contributed by atoms with van der Waals surface area (Å²) in [5.74, 6) is 0.701. The summed E-state index contributed by atoms with van der Waals surface area (Å²) in [7, 11) is 1.73. The Morgan fingerprint density at radius 1 is 1.78 bits per heavy atom. The van der Waals surface area contributed by atoms with Crippen molar-refractivity contribution >= 4 is 17.2 Å². The Morgan fingerprint density at radius 2 is 2.56 bits per heavy atom. The lowest BCUT2D eigenvalue weighted by Crippen LogP contribution is -2.15. The Bertz CT molecular complexity index is 228. The number of aromatic amines is 1. The molecule has 0 unspecified atom stereocenters. The highest BCUT2D eigenvalue weighted by atomic mass is 32.1. The molecule has 0 fully saturated rings. The fraction of sp³-hybridized carbons (Fsp3) is 0.250. The number of hydrogen-bond donors (Lipinski definition) is 3. The largest absolute Gasteiger partial charge is 0.307 e. The average Bonchev–Trinajstić information content (AvgIpc) is 2.17. The summed E-state index contributed by atoms with van der Waals surface area (Å²) in [5.41, 5.74) is 5.42. The first-order chi connectivity index (χ1) is 4.33. The zero-order chi connectivity index (χ0) is 6.69. The summed E-state index contributed by atoms with van der Waals surface area (Å²) in [4.78, 5) is 13.0. The minimum Gasteiger partial charge on any atom is -0.307 e. The molecule has 1 aromatic rings. The van der Waals surface area contributed by atoms with E-state index in [1.54, 1.807) is 12.4 Å². The van der Waals surface area contributed by atoms with Crippen molar-refractivity contribution in [1.29, 1.82) is 0 Å². The van der Waals surface area contributed by atoms with Crippen molar-refractivity contribution in [3.8, 4) is 0 Å². The van der Waals surface area contributed by atoms with E-state index in [1.165, 1.54) is 0 Å². The number of hydrogen-bond acceptors (Lipinski definition) is 4. The first kappa shape index (κ1) is 6.31. The van der Waals surface area contributed by atoms with Crippen LogP contribution >= 0.6 is 11.3 Å². The summed E-state index contributed by atoms with van der Waals surface area (Å²) in [6.07, 6.45) is 0. The SMILES string of the molecule is CNNc1csc(=O)[nH]1. The first-order valence-corrected chi connectivity index (χ1v) is 3.31. The third-order valence-corrected chi connectivity index (χ3v) is 1.45. The molecule has 50 valence electrons. The van der Waals surface area contributed by atoms with Crippen LogP contribution in [0.1, 0.15) is 0 Å². The maximum atomic E-state index is 10.5.